The molecule has 0 spiro atoms. The number of allylic oxidation sites excluding steroid dienone is 2. The molecule has 0 unspecified atom stereocenters. The third-order valence-electron chi connectivity index (χ3n) is 17.4. The van der Waals surface area contributed by atoms with Gasteiger partial charge in [-0.1, -0.05) is 95.2 Å². The zero-order chi connectivity index (χ0) is 72.5. The van der Waals surface area contributed by atoms with Gasteiger partial charge in [-0.3, -0.25) is 52.7 Å². The Bertz CT molecular complexity index is 2510. The van der Waals surface area contributed by atoms with E-state index in [4.69, 9.17) is 14.2 Å². The average Bonchev–Trinajstić information content (AvgIpc) is 0.825. The number of hydrogen-bond donors (Lipinski definition) is 5. The summed E-state index contributed by atoms with van der Waals surface area (Å²) in [4.78, 5) is 171. The number of nitrogens with one attached hydrogen (secondary N) is 4. The van der Waals surface area contributed by atoms with Gasteiger partial charge in [0.2, 0.25) is 65.0 Å². The van der Waals surface area contributed by atoms with Crippen LogP contribution in [0.2, 0.25) is 0 Å². The number of aliphatic hydroxyl groups is 1. The summed E-state index contributed by atoms with van der Waals surface area (Å²) in [7, 11) is 9.79. The lowest BCUT2D eigenvalue weighted by molar-refractivity contribution is -0.157. The second-order valence-electron chi connectivity index (χ2n) is 27.5. The van der Waals surface area contributed by atoms with Gasteiger partial charge < -0.3 is 74.9 Å². The Labute approximate surface area is 562 Å². The molecule has 0 aromatic rings. The largest absolute Gasteiger partial charge is 0.390 e. The molecule has 5 N–H and O–H groups in total. The van der Waals surface area contributed by atoms with Crippen LogP contribution in [0.3, 0.4) is 0 Å². The van der Waals surface area contributed by atoms with Gasteiger partial charge in [-0.2, -0.15) is 0 Å². The SMILES string of the molecule is C/C=C/C[C@@H](C)[C@@H](O)[C@H]1C(=O)N[C@@H](CC)C(=O)N(C)CC(=O)N(C)[C@@H]([C@@H](C)OCCCC(OCC)OCC)C(=O)N[C@@H](C(C)C)C(=O)N(C)[C@@H](CC(C)C)C(=O)N[C@@H](C)C(=O)N[C@H](C)C(=O)N(C)[C@@H](CC(C)C)C(=O)N(C)[C@@H](CC(C)C)C(=O)N(C)[C@@H](C(C)C)C(=O)N1C. The van der Waals surface area contributed by atoms with E-state index < -0.39 is 168 Å². The maximum Gasteiger partial charge on any atom is 0.246 e. The van der Waals surface area contributed by atoms with E-state index in [-0.39, 0.29) is 50.0 Å². The van der Waals surface area contributed by atoms with Crippen LogP contribution < -0.4 is 21.3 Å². The van der Waals surface area contributed by atoms with Gasteiger partial charge in [0.1, 0.15) is 60.4 Å². The molecule has 0 aromatic carbocycles. The fourth-order valence-corrected chi connectivity index (χ4v) is 11.7. The molecule has 1 aliphatic rings. The lowest BCUT2D eigenvalue weighted by atomic mass is 9.91. The van der Waals surface area contributed by atoms with Crippen molar-refractivity contribution in [3.8, 4) is 0 Å². The molecule has 13 atom stereocenters. The van der Waals surface area contributed by atoms with Crippen molar-refractivity contribution < 1.29 is 72.1 Å². The van der Waals surface area contributed by atoms with E-state index in [2.05, 4.69) is 21.3 Å². The van der Waals surface area contributed by atoms with E-state index in [1.165, 1.54) is 82.8 Å². The molecule has 1 fully saturated rings. The number of carbonyl (C=O) groups excluding carboxylic acids is 11. The quantitative estimate of drug-likeness (QED) is 0.0552. The minimum absolute atomic E-state index is 0.0139. The average molecular weight is 1330 g/mol. The van der Waals surface area contributed by atoms with Crippen molar-refractivity contribution in [1.29, 1.82) is 0 Å². The molecule has 540 valence electrons. The van der Waals surface area contributed by atoms with E-state index in [9.17, 15) is 43.5 Å². The lowest BCUT2D eigenvalue weighted by Gasteiger charge is -2.41. The van der Waals surface area contributed by atoms with Crippen LogP contribution in [0.5, 0.6) is 0 Å². The van der Waals surface area contributed by atoms with E-state index >= 15 is 14.4 Å². The number of aliphatic hydroxyl groups excluding tert-OH is 1. The van der Waals surface area contributed by atoms with Crippen molar-refractivity contribution in [2.45, 2.75) is 248 Å². The molecule has 94 heavy (non-hydrogen) atoms. The number of ether oxygens (including phenoxy) is 3. The van der Waals surface area contributed by atoms with Crippen molar-refractivity contribution >= 4 is 65.0 Å². The summed E-state index contributed by atoms with van der Waals surface area (Å²) in [5.41, 5.74) is 0. The summed E-state index contributed by atoms with van der Waals surface area (Å²) in [6.07, 6.45) is 2.06. The molecule has 1 saturated heterocycles. The van der Waals surface area contributed by atoms with Crippen LogP contribution in [0.25, 0.3) is 0 Å². The molecular formula is C68H123N11O15. The molecule has 26 nitrogen and oxygen atoms in total. The highest BCUT2D eigenvalue weighted by Crippen LogP contribution is 2.26. The Morgan fingerprint density at radius 2 is 0.968 bits per heavy atom. The van der Waals surface area contributed by atoms with Gasteiger partial charge in [0.05, 0.1) is 18.8 Å². The first-order chi connectivity index (χ1) is 43.7. The van der Waals surface area contributed by atoms with Crippen LogP contribution in [0, 0.1) is 35.5 Å². The fourth-order valence-electron chi connectivity index (χ4n) is 11.7. The normalized spacial score (nSPS) is 25.8. The number of rotatable bonds is 23. The summed E-state index contributed by atoms with van der Waals surface area (Å²) >= 11 is 0. The molecule has 0 radical (unpaired) electrons. The molecule has 1 rings (SSSR count). The van der Waals surface area contributed by atoms with E-state index in [0.717, 1.165) is 14.7 Å². The standard InChI is InChI=1S/C68H123N11O15/c1-26-30-32-44(15)58(81)57-62(85)71-48(27-2)64(87)73(19)38-52(80)77(23)56(47(18)94-34-31-33-53(92-28-3)93-29-4)61(84)72-54(42(11)12)67(90)74(20)49(35-39(5)6)60(83)69-45(16)59(82)70-46(17)63(86)75(21)50(36-40(7)8)65(88)76(22)51(37-41(9)10)66(89)78(24)55(43(13)14)68(91)79(57)25/h26,30,39-51,53-58,81H,27-29,31-38H2,1-25H3,(H,69,83)(H,70,82)(H,71,85)(H,72,84)/b30-26+/t44-,45+,46-,47-,48+,49+,50+,51+,54+,55+,56+,57+,58-/m1/s1. The predicted octanol–water partition coefficient (Wildman–Crippen LogP) is 3.81. The monoisotopic (exact) mass is 1330 g/mol. The maximum absolute atomic E-state index is 15.2. The zero-order valence-corrected chi connectivity index (χ0v) is 61.7. The molecule has 0 aliphatic carbocycles. The van der Waals surface area contributed by atoms with Crippen molar-refractivity contribution in [2.24, 2.45) is 35.5 Å². The minimum atomic E-state index is -1.64. The van der Waals surface area contributed by atoms with E-state index in [0.29, 0.717) is 32.5 Å². The molecule has 0 bridgehead atoms. The summed E-state index contributed by atoms with van der Waals surface area (Å²) < 4.78 is 17.7. The first-order valence-corrected chi connectivity index (χ1v) is 33.9. The van der Waals surface area contributed by atoms with Gasteiger partial charge in [0.25, 0.3) is 0 Å². The van der Waals surface area contributed by atoms with Crippen LogP contribution >= 0.6 is 0 Å². The van der Waals surface area contributed by atoms with Crippen LogP contribution in [0.4, 0.5) is 0 Å². The van der Waals surface area contributed by atoms with Gasteiger partial charge in [0.15, 0.2) is 6.29 Å². The first kappa shape index (κ1) is 85.8. The maximum atomic E-state index is 15.2. The lowest BCUT2D eigenvalue weighted by Crippen LogP contribution is -2.63. The Morgan fingerprint density at radius 1 is 0.500 bits per heavy atom. The van der Waals surface area contributed by atoms with E-state index in [1.54, 1.807) is 67.5 Å². The van der Waals surface area contributed by atoms with Crippen molar-refractivity contribution in [2.75, 3.05) is 75.7 Å². The molecule has 0 aromatic heterocycles. The Morgan fingerprint density at radius 3 is 1.45 bits per heavy atom. The molecule has 1 aliphatic heterocycles. The van der Waals surface area contributed by atoms with Gasteiger partial charge in [-0.15, -0.1) is 0 Å². The number of hydrogen-bond acceptors (Lipinski definition) is 15. The van der Waals surface area contributed by atoms with Gasteiger partial charge in [0, 0.05) is 75.6 Å². The second kappa shape index (κ2) is 41.0. The summed E-state index contributed by atoms with van der Waals surface area (Å²) in [6.45, 7) is 31.6. The number of carbonyl (C=O) groups is 11. The van der Waals surface area contributed by atoms with Crippen LogP contribution in [-0.4, -0.2) is 259 Å². The predicted molar refractivity (Wildman–Crippen MR) is 361 cm³/mol. The molecule has 0 saturated carbocycles. The minimum Gasteiger partial charge on any atom is -0.390 e. The van der Waals surface area contributed by atoms with Crippen molar-refractivity contribution in [3.63, 3.8) is 0 Å². The molecular weight excluding hydrogens is 1210 g/mol. The highest BCUT2D eigenvalue weighted by atomic mass is 16.7. The summed E-state index contributed by atoms with van der Waals surface area (Å²) in [6, 6.07) is -13.0. The molecule has 1 heterocycles. The molecule has 26 heteroatoms. The summed E-state index contributed by atoms with van der Waals surface area (Å²) in [5, 5.41) is 23.2. The highest BCUT2D eigenvalue weighted by molar-refractivity contribution is 5.99. The molecule has 11 amide bonds. The third-order valence-corrected chi connectivity index (χ3v) is 17.4. The van der Waals surface area contributed by atoms with E-state index in [1.807, 2.05) is 55.4 Å². The van der Waals surface area contributed by atoms with Crippen molar-refractivity contribution in [1.82, 2.24) is 55.6 Å². The Kier molecular flexibility index (Phi) is 37.4. The topological polar surface area (TPSA) is 306 Å². The van der Waals surface area contributed by atoms with Gasteiger partial charge >= 0.3 is 0 Å². The highest BCUT2D eigenvalue weighted by Gasteiger charge is 2.46. The van der Waals surface area contributed by atoms with Crippen LogP contribution in [0.15, 0.2) is 12.2 Å². The zero-order valence-electron chi connectivity index (χ0n) is 61.7. The summed E-state index contributed by atoms with van der Waals surface area (Å²) in [5.74, 6) is -10.2. The first-order valence-electron chi connectivity index (χ1n) is 33.9. The fraction of sp³-hybridized carbons (Fsp3) is 0.809. The van der Waals surface area contributed by atoms with Gasteiger partial charge in [-0.05, 0) is 116 Å². The van der Waals surface area contributed by atoms with Crippen LogP contribution in [-0.2, 0) is 67.0 Å². The Hall–Kier alpha value is -6.25. The second-order valence-corrected chi connectivity index (χ2v) is 27.5. The number of likely N-dealkylation sites (N-methyl/N-ethyl adjacent to an activating group) is 7. The third kappa shape index (κ3) is 25.1. The number of nitrogens with zero attached hydrogens (tertiary/aromatic N) is 7. The number of amides is 11. The Balaban J connectivity index is 4.40. The van der Waals surface area contributed by atoms with Crippen molar-refractivity contribution in [3.05, 3.63) is 12.2 Å². The van der Waals surface area contributed by atoms with Gasteiger partial charge in [-0.25, -0.2) is 0 Å². The van der Waals surface area contributed by atoms with Crippen LogP contribution in [0.1, 0.15) is 170 Å². The smallest absolute Gasteiger partial charge is 0.246 e.